The molecule has 1 N–H and O–H groups in total. The molecule has 0 bridgehead atoms. The number of amides is 1. The maximum absolute atomic E-state index is 12.6. The van der Waals surface area contributed by atoms with Gasteiger partial charge in [-0.15, -0.1) is 0 Å². The fourth-order valence-corrected chi connectivity index (χ4v) is 4.16. The van der Waals surface area contributed by atoms with Crippen LogP contribution >= 0.6 is 0 Å². The second kappa shape index (κ2) is 9.17. The average Bonchev–Trinajstić information content (AvgIpc) is 3.00. The maximum Gasteiger partial charge on any atom is 0.307 e. The Morgan fingerprint density at radius 3 is 2.31 bits per heavy atom. The predicted molar refractivity (Wildman–Crippen MR) is 101 cm³/mol. The molecule has 5 heteroatoms. The van der Waals surface area contributed by atoms with Crippen molar-refractivity contribution >= 4 is 11.9 Å². The molecule has 5 nitrogen and oxygen atoms in total. The van der Waals surface area contributed by atoms with Crippen LogP contribution < -0.4 is 0 Å². The van der Waals surface area contributed by atoms with E-state index in [1.54, 1.807) is 0 Å². The number of rotatable bonds is 6. The summed E-state index contributed by atoms with van der Waals surface area (Å²) < 4.78 is 0. The van der Waals surface area contributed by atoms with Gasteiger partial charge in [0.15, 0.2) is 0 Å². The van der Waals surface area contributed by atoms with Crippen molar-refractivity contribution in [1.29, 1.82) is 0 Å². The van der Waals surface area contributed by atoms with Crippen molar-refractivity contribution < 1.29 is 14.7 Å². The minimum Gasteiger partial charge on any atom is -0.481 e. The predicted octanol–water partition coefficient (Wildman–Crippen LogP) is 2.93. The lowest BCUT2D eigenvalue weighted by atomic mass is 10.0. The molecule has 0 atom stereocenters. The zero-order chi connectivity index (χ0) is 18.4. The number of carbonyl (C=O) groups is 2. The van der Waals surface area contributed by atoms with Gasteiger partial charge in [-0.1, -0.05) is 37.1 Å². The third-order valence-corrected chi connectivity index (χ3v) is 5.66. The lowest BCUT2D eigenvalue weighted by Crippen LogP contribution is -2.35. The second-order valence-corrected chi connectivity index (χ2v) is 7.75. The fourth-order valence-electron chi connectivity index (χ4n) is 4.16. The summed E-state index contributed by atoms with van der Waals surface area (Å²) in [4.78, 5) is 27.8. The van der Waals surface area contributed by atoms with E-state index in [1.165, 1.54) is 31.2 Å². The van der Waals surface area contributed by atoms with Crippen LogP contribution in [0.4, 0.5) is 0 Å². The molecule has 26 heavy (non-hydrogen) atoms. The van der Waals surface area contributed by atoms with Crippen molar-refractivity contribution in [3.63, 3.8) is 0 Å². The van der Waals surface area contributed by atoms with Crippen LogP contribution in [0.25, 0.3) is 0 Å². The van der Waals surface area contributed by atoms with Gasteiger partial charge in [0.1, 0.15) is 0 Å². The fraction of sp³-hybridized carbons (Fsp3) is 0.619. The Kier molecular flexibility index (Phi) is 6.67. The molecule has 0 radical (unpaired) electrons. The molecule has 3 rings (SSSR count). The van der Waals surface area contributed by atoms with Gasteiger partial charge in [-0.2, -0.15) is 0 Å². The second-order valence-electron chi connectivity index (χ2n) is 7.75. The van der Waals surface area contributed by atoms with Crippen LogP contribution in [0.15, 0.2) is 24.3 Å². The number of carboxylic acids is 1. The largest absolute Gasteiger partial charge is 0.481 e. The summed E-state index contributed by atoms with van der Waals surface area (Å²) >= 11 is 0. The molecule has 1 amide bonds. The van der Waals surface area contributed by atoms with Gasteiger partial charge < -0.3 is 10.0 Å². The summed E-state index contributed by atoms with van der Waals surface area (Å²) in [5.41, 5.74) is 2.03. The van der Waals surface area contributed by atoms with Gasteiger partial charge >= 0.3 is 5.97 Å². The van der Waals surface area contributed by atoms with Crippen molar-refractivity contribution in [3.05, 3.63) is 35.4 Å². The Balaban J connectivity index is 1.47. The third kappa shape index (κ3) is 5.56. The van der Waals surface area contributed by atoms with E-state index in [9.17, 15) is 9.59 Å². The molecule has 1 saturated heterocycles. The van der Waals surface area contributed by atoms with E-state index in [1.807, 2.05) is 24.3 Å². The molecule has 1 heterocycles. The van der Waals surface area contributed by atoms with Gasteiger partial charge in [-0.05, 0) is 36.3 Å². The van der Waals surface area contributed by atoms with Gasteiger partial charge in [0.05, 0.1) is 6.42 Å². The van der Waals surface area contributed by atoms with E-state index in [2.05, 4.69) is 9.80 Å². The Morgan fingerprint density at radius 2 is 1.62 bits per heavy atom. The molecule has 0 aromatic heterocycles. The van der Waals surface area contributed by atoms with Gasteiger partial charge in [-0.25, -0.2) is 0 Å². The Bertz CT molecular complexity index is 608. The van der Waals surface area contributed by atoms with Gasteiger partial charge in [0.2, 0.25) is 5.91 Å². The van der Waals surface area contributed by atoms with Crippen LogP contribution in [0.1, 0.15) is 49.7 Å². The van der Waals surface area contributed by atoms with E-state index < -0.39 is 5.97 Å². The zero-order valence-corrected chi connectivity index (χ0v) is 15.5. The number of aliphatic carboxylic acids is 1. The summed E-state index contributed by atoms with van der Waals surface area (Å²) in [5.74, 6) is 0.163. The van der Waals surface area contributed by atoms with Crippen LogP contribution in [-0.2, 0) is 22.6 Å². The smallest absolute Gasteiger partial charge is 0.307 e. The first-order chi connectivity index (χ1) is 12.6. The first kappa shape index (κ1) is 18.9. The highest BCUT2D eigenvalue weighted by Crippen LogP contribution is 2.28. The van der Waals surface area contributed by atoms with Crippen molar-refractivity contribution in [2.24, 2.45) is 5.92 Å². The van der Waals surface area contributed by atoms with Crippen molar-refractivity contribution in [1.82, 2.24) is 9.80 Å². The molecule has 142 valence electrons. The zero-order valence-electron chi connectivity index (χ0n) is 15.5. The summed E-state index contributed by atoms with van der Waals surface area (Å²) in [7, 11) is 0. The summed E-state index contributed by atoms with van der Waals surface area (Å²) in [5, 5.41) is 8.85. The SMILES string of the molecule is O=C(O)Cc1ccc(CN2CCCN(C(=O)CC3CCCC3)CC2)cc1. The van der Waals surface area contributed by atoms with Crippen LogP contribution in [0.3, 0.4) is 0 Å². The lowest BCUT2D eigenvalue weighted by molar-refractivity contribution is -0.136. The van der Waals surface area contributed by atoms with Crippen LogP contribution in [0.2, 0.25) is 0 Å². The quantitative estimate of drug-likeness (QED) is 0.849. The number of carbonyl (C=O) groups excluding carboxylic acids is 1. The minimum absolute atomic E-state index is 0.0715. The summed E-state index contributed by atoms with van der Waals surface area (Å²) in [6.07, 6.45) is 6.86. The molecule has 1 aromatic rings. The number of nitrogens with zero attached hydrogens (tertiary/aromatic N) is 2. The number of hydrogen-bond acceptors (Lipinski definition) is 3. The van der Waals surface area contributed by atoms with Crippen LogP contribution in [-0.4, -0.2) is 53.0 Å². The topological polar surface area (TPSA) is 60.9 Å². The third-order valence-electron chi connectivity index (χ3n) is 5.66. The Hall–Kier alpha value is -1.88. The average molecular weight is 358 g/mol. The highest BCUT2D eigenvalue weighted by atomic mass is 16.4. The van der Waals surface area contributed by atoms with E-state index in [0.29, 0.717) is 11.8 Å². The van der Waals surface area contributed by atoms with E-state index in [4.69, 9.17) is 5.11 Å². The first-order valence-corrected chi connectivity index (χ1v) is 9.90. The monoisotopic (exact) mass is 358 g/mol. The molecule has 0 unspecified atom stereocenters. The van der Waals surface area contributed by atoms with E-state index in [-0.39, 0.29) is 6.42 Å². The van der Waals surface area contributed by atoms with Crippen molar-refractivity contribution in [2.45, 2.75) is 51.5 Å². The number of benzene rings is 1. The number of hydrogen-bond donors (Lipinski definition) is 1. The van der Waals surface area contributed by atoms with Gasteiger partial charge in [0.25, 0.3) is 0 Å². The first-order valence-electron chi connectivity index (χ1n) is 9.90. The molecule has 2 fully saturated rings. The molecule has 1 aromatic carbocycles. The highest BCUT2D eigenvalue weighted by molar-refractivity contribution is 5.76. The van der Waals surface area contributed by atoms with E-state index >= 15 is 0 Å². The summed E-state index contributed by atoms with van der Waals surface area (Å²) in [6.45, 7) is 4.47. The normalized spacial score (nSPS) is 19.5. The van der Waals surface area contributed by atoms with Gasteiger partial charge in [0, 0.05) is 39.1 Å². The van der Waals surface area contributed by atoms with Crippen molar-refractivity contribution in [2.75, 3.05) is 26.2 Å². The standard InChI is InChI=1S/C21H30N2O3/c24-20(14-17-4-1-2-5-17)23-11-3-10-22(12-13-23)16-19-8-6-18(7-9-19)15-21(25)26/h6-9,17H,1-5,10-16H2,(H,25,26). The maximum atomic E-state index is 12.6. The Morgan fingerprint density at radius 1 is 0.923 bits per heavy atom. The van der Waals surface area contributed by atoms with Crippen LogP contribution in [0.5, 0.6) is 0 Å². The molecule has 1 saturated carbocycles. The molecular formula is C21H30N2O3. The highest BCUT2D eigenvalue weighted by Gasteiger charge is 2.24. The molecule has 2 aliphatic rings. The molecule has 1 aliphatic heterocycles. The molecule has 1 aliphatic carbocycles. The van der Waals surface area contributed by atoms with Crippen LogP contribution in [0, 0.1) is 5.92 Å². The molecular weight excluding hydrogens is 328 g/mol. The number of carboxylic acid groups (broad SMARTS) is 1. The van der Waals surface area contributed by atoms with Gasteiger partial charge in [-0.3, -0.25) is 14.5 Å². The summed E-state index contributed by atoms with van der Waals surface area (Å²) in [6, 6.07) is 7.84. The van der Waals surface area contributed by atoms with Crippen molar-refractivity contribution in [3.8, 4) is 0 Å². The minimum atomic E-state index is -0.798. The van der Waals surface area contributed by atoms with E-state index in [0.717, 1.165) is 51.1 Å². The molecule has 0 spiro atoms. The lowest BCUT2D eigenvalue weighted by Gasteiger charge is -2.23. The Labute approximate surface area is 156 Å².